The third kappa shape index (κ3) is 6.56. The summed E-state index contributed by atoms with van der Waals surface area (Å²) in [7, 11) is 0. The van der Waals surface area contributed by atoms with Gasteiger partial charge >= 0.3 is 5.97 Å². The largest absolute Gasteiger partial charge is 0.484 e. The Labute approximate surface area is 126 Å². The molecule has 0 bridgehead atoms. The Hall–Kier alpha value is -1.56. The number of carboxylic acids is 1. The van der Waals surface area contributed by atoms with E-state index in [1.165, 1.54) is 0 Å². The number of benzene rings is 1. The highest BCUT2D eigenvalue weighted by atomic mass is 79.9. The maximum absolute atomic E-state index is 11.6. The molecule has 0 aliphatic carbocycles. The van der Waals surface area contributed by atoms with Crippen molar-refractivity contribution < 1.29 is 19.4 Å². The fourth-order valence-electron chi connectivity index (χ4n) is 1.60. The smallest absolute Gasteiger partial charge is 0.303 e. The minimum Gasteiger partial charge on any atom is -0.484 e. The van der Waals surface area contributed by atoms with Gasteiger partial charge in [-0.15, -0.1) is 0 Å². The highest BCUT2D eigenvalue weighted by Gasteiger charge is 2.12. The standard InChI is InChI=1S/C14H18BrNO4/c1-2-10(7-14(18)19)8-16-13(17)9-20-12-5-3-11(15)4-6-12/h3-6,10H,2,7-9H2,1H3,(H,16,17)(H,18,19). The molecule has 20 heavy (non-hydrogen) atoms. The first kappa shape index (κ1) is 16.5. The highest BCUT2D eigenvalue weighted by molar-refractivity contribution is 9.10. The van der Waals surface area contributed by atoms with Gasteiger partial charge in [0.2, 0.25) is 0 Å². The van der Waals surface area contributed by atoms with Crippen LogP contribution in [-0.4, -0.2) is 30.1 Å². The first-order valence-electron chi connectivity index (χ1n) is 6.38. The molecule has 0 fully saturated rings. The lowest BCUT2D eigenvalue weighted by molar-refractivity contribution is -0.138. The maximum atomic E-state index is 11.6. The lowest BCUT2D eigenvalue weighted by Crippen LogP contribution is -2.33. The normalized spacial score (nSPS) is 11.7. The summed E-state index contributed by atoms with van der Waals surface area (Å²) in [4.78, 5) is 22.2. The summed E-state index contributed by atoms with van der Waals surface area (Å²) >= 11 is 3.31. The number of nitrogens with one attached hydrogen (secondary N) is 1. The van der Waals surface area contributed by atoms with Gasteiger partial charge in [-0.1, -0.05) is 29.3 Å². The van der Waals surface area contributed by atoms with Crippen LogP contribution in [0.25, 0.3) is 0 Å². The molecule has 0 aromatic heterocycles. The Morgan fingerprint density at radius 2 is 2.00 bits per heavy atom. The van der Waals surface area contributed by atoms with Crippen molar-refractivity contribution in [2.24, 2.45) is 5.92 Å². The van der Waals surface area contributed by atoms with E-state index in [9.17, 15) is 9.59 Å². The van der Waals surface area contributed by atoms with Gasteiger partial charge < -0.3 is 15.2 Å². The predicted octanol–water partition coefficient (Wildman–Crippen LogP) is 2.45. The van der Waals surface area contributed by atoms with Crippen LogP contribution in [0.4, 0.5) is 0 Å². The van der Waals surface area contributed by atoms with E-state index in [1.54, 1.807) is 12.1 Å². The van der Waals surface area contributed by atoms with E-state index in [2.05, 4.69) is 21.2 Å². The fourth-order valence-corrected chi connectivity index (χ4v) is 1.86. The van der Waals surface area contributed by atoms with Crippen molar-refractivity contribution in [2.75, 3.05) is 13.2 Å². The van der Waals surface area contributed by atoms with Gasteiger partial charge in [0.15, 0.2) is 6.61 Å². The van der Waals surface area contributed by atoms with E-state index in [4.69, 9.17) is 9.84 Å². The minimum atomic E-state index is -0.850. The van der Waals surface area contributed by atoms with Gasteiger partial charge in [0.1, 0.15) is 5.75 Å². The van der Waals surface area contributed by atoms with Crippen molar-refractivity contribution in [2.45, 2.75) is 19.8 Å². The van der Waals surface area contributed by atoms with Gasteiger partial charge in [0.25, 0.3) is 5.91 Å². The van der Waals surface area contributed by atoms with Crippen LogP contribution in [-0.2, 0) is 9.59 Å². The third-order valence-electron chi connectivity index (χ3n) is 2.81. The Balaban J connectivity index is 2.29. The summed E-state index contributed by atoms with van der Waals surface area (Å²) in [6.07, 6.45) is 0.768. The number of halogens is 1. The second-order valence-corrected chi connectivity index (χ2v) is 5.33. The van der Waals surface area contributed by atoms with E-state index < -0.39 is 5.97 Å². The van der Waals surface area contributed by atoms with Crippen LogP contribution < -0.4 is 10.1 Å². The number of carboxylic acid groups (broad SMARTS) is 1. The molecule has 2 N–H and O–H groups in total. The van der Waals surface area contributed by atoms with Crippen molar-refractivity contribution in [3.05, 3.63) is 28.7 Å². The van der Waals surface area contributed by atoms with Crippen molar-refractivity contribution in [1.82, 2.24) is 5.32 Å². The molecule has 110 valence electrons. The number of amides is 1. The number of hydrogen-bond acceptors (Lipinski definition) is 3. The molecule has 1 unspecified atom stereocenters. The summed E-state index contributed by atoms with van der Waals surface area (Å²) in [5.74, 6) is -0.543. The Morgan fingerprint density at radius 3 is 2.55 bits per heavy atom. The number of rotatable bonds is 8. The van der Waals surface area contributed by atoms with E-state index in [-0.39, 0.29) is 24.9 Å². The zero-order chi connectivity index (χ0) is 15.0. The molecular formula is C14H18BrNO4. The second kappa shape index (κ2) is 8.58. The van der Waals surface area contributed by atoms with E-state index in [0.29, 0.717) is 18.7 Å². The van der Waals surface area contributed by atoms with Gasteiger partial charge in [0, 0.05) is 17.4 Å². The molecule has 5 nitrogen and oxygen atoms in total. The molecule has 0 aliphatic heterocycles. The van der Waals surface area contributed by atoms with Crippen molar-refractivity contribution >= 4 is 27.8 Å². The molecule has 6 heteroatoms. The Bertz CT molecular complexity index is 447. The third-order valence-corrected chi connectivity index (χ3v) is 3.34. The molecule has 0 spiro atoms. The number of ether oxygens (including phenoxy) is 1. The van der Waals surface area contributed by atoms with E-state index in [1.807, 2.05) is 19.1 Å². The fraction of sp³-hybridized carbons (Fsp3) is 0.429. The molecule has 0 saturated heterocycles. The molecule has 0 saturated carbocycles. The van der Waals surface area contributed by atoms with Crippen LogP contribution in [0, 0.1) is 5.92 Å². The summed E-state index contributed by atoms with van der Waals surface area (Å²) < 4.78 is 6.26. The van der Waals surface area contributed by atoms with Crippen molar-refractivity contribution in [3.8, 4) is 5.75 Å². The molecule has 0 aliphatic rings. The van der Waals surface area contributed by atoms with Crippen LogP contribution in [0.2, 0.25) is 0 Å². The zero-order valence-corrected chi connectivity index (χ0v) is 12.9. The van der Waals surface area contributed by atoms with Crippen LogP contribution in [0.5, 0.6) is 5.75 Å². The number of carbonyl (C=O) groups is 2. The SMILES string of the molecule is CCC(CNC(=O)COc1ccc(Br)cc1)CC(=O)O. The molecular weight excluding hydrogens is 326 g/mol. The van der Waals surface area contributed by atoms with Gasteiger partial charge in [-0.3, -0.25) is 9.59 Å². The Kier molecular flexibility index (Phi) is 7.08. The predicted molar refractivity (Wildman–Crippen MR) is 78.7 cm³/mol. The average molecular weight is 344 g/mol. The topological polar surface area (TPSA) is 75.6 Å². The zero-order valence-electron chi connectivity index (χ0n) is 11.3. The Morgan fingerprint density at radius 1 is 1.35 bits per heavy atom. The van der Waals surface area contributed by atoms with Gasteiger partial charge in [-0.2, -0.15) is 0 Å². The second-order valence-electron chi connectivity index (χ2n) is 4.42. The molecule has 1 aromatic carbocycles. The van der Waals surface area contributed by atoms with Crippen LogP contribution in [0.3, 0.4) is 0 Å². The molecule has 0 heterocycles. The summed E-state index contributed by atoms with van der Waals surface area (Å²) in [5, 5.41) is 11.4. The monoisotopic (exact) mass is 343 g/mol. The van der Waals surface area contributed by atoms with Gasteiger partial charge in [-0.05, 0) is 30.2 Å². The van der Waals surface area contributed by atoms with Gasteiger partial charge in [-0.25, -0.2) is 0 Å². The van der Waals surface area contributed by atoms with E-state index in [0.717, 1.165) is 4.47 Å². The average Bonchev–Trinajstić information content (AvgIpc) is 2.42. The quantitative estimate of drug-likeness (QED) is 0.760. The van der Waals surface area contributed by atoms with Crippen LogP contribution in [0.1, 0.15) is 19.8 Å². The summed E-state index contributed by atoms with van der Waals surface area (Å²) in [5.41, 5.74) is 0. The summed E-state index contributed by atoms with van der Waals surface area (Å²) in [6.45, 7) is 2.18. The first-order chi connectivity index (χ1) is 9.51. The van der Waals surface area contributed by atoms with Crippen molar-refractivity contribution in [3.63, 3.8) is 0 Å². The van der Waals surface area contributed by atoms with Crippen molar-refractivity contribution in [1.29, 1.82) is 0 Å². The molecule has 1 amide bonds. The first-order valence-corrected chi connectivity index (χ1v) is 7.17. The van der Waals surface area contributed by atoms with Gasteiger partial charge in [0.05, 0.1) is 0 Å². The maximum Gasteiger partial charge on any atom is 0.303 e. The lowest BCUT2D eigenvalue weighted by Gasteiger charge is -2.13. The van der Waals surface area contributed by atoms with E-state index >= 15 is 0 Å². The number of aliphatic carboxylic acids is 1. The minimum absolute atomic E-state index is 0.0517. The molecule has 0 radical (unpaired) electrons. The lowest BCUT2D eigenvalue weighted by atomic mass is 10.0. The molecule has 1 atom stereocenters. The summed E-state index contributed by atoms with van der Waals surface area (Å²) in [6, 6.07) is 7.17. The number of carbonyl (C=O) groups excluding carboxylic acids is 1. The number of hydrogen-bond donors (Lipinski definition) is 2. The molecule has 1 rings (SSSR count). The molecule has 1 aromatic rings. The van der Waals surface area contributed by atoms with Crippen LogP contribution >= 0.6 is 15.9 Å². The van der Waals surface area contributed by atoms with Crippen LogP contribution in [0.15, 0.2) is 28.7 Å². The highest BCUT2D eigenvalue weighted by Crippen LogP contribution is 2.15.